The minimum Gasteiger partial charge on any atom is -0.493 e. The van der Waals surface area contributed by atoms with E-state index in [2.05, 4.69) is 113 Å². The Balaban J connectivity index is 1.42. The molecule has 3 heteroatoms. The minimum atomic E-state index is -2.57. The van der Waals surface area contributed by atoms with Gasteiger partial charge in [0.25, 0.3) is 0 Å². The van der Waals surface area contributed by atoms with Crippen LogP contribution in [-0.4, -0.2) is 21.3 Å². The summed E-state index contributed by atoms with van der Waals surface area (Å²) in [5.41, 5.74) is 5.11. The Morgan fingerprint density at radius 2 is 0.776 bits per heavy atom. The fraction of sp³-hybridized carbons (Fsp3) is 0.478. The van der Waals surface area contributed by atoms with Gasteiger partial charge in [-0.05, 0) is 81.8 Å². The molecule has 2 nitrogen and oxygen atoms in total. The minimum absolute atomic E-state index is 0.780. The molecule has 5 rings (SSSR count). The molecular weight excluding hydrogens is 613 g/mol. The van der Waals surface area contributed by atoms with Crippen LogP contribution >= 0.6 is 0 Å². The standard InChI is InChI=1S/C46H62O2Si/c1-5-7-9-11-13-15-17-25-31-47-43-35-41-42-36-44(48-32-26-18-16-14-12-10-8-6-2)38(4)34-46(42)49(45(41)33-37(43)3,39-27-21-19-22-28-39)40-29-23-20-24-30-40/h19-24,27-30,33-36H,5-18,25-26,31-32H2,1-4H3. The lowest BCUT2D eigenvalue weighted by Gasteiger charge is -2.32. The summed E-state index contributed by atoms with van der Waals surface area (Å²) < 4.78 is 13.1. The summed E-state index contributed by atoms with van der Waals surface area (Å²) in [4.78, 5) is 0. The van der Waals surface area contributed by atoms with Crippen molar-refractivity contribution in [3.63, 3.8) is 0 Å². The SMILES string of the molecule is CCCCCCCCCCOc1cc2c(cc1C)[Si](c1ccccc1)(c1ccccc1)c1cc(C)c(OCCCCCCCCCC)cc1-2. The molecule has 4 aromatic rings. The van der Waals surface area contributed by atoms with Gasteiger partial charge in [-0.15, -0.1) is 0 Å². The molecule has 0 saturated carbocycles. The Kier molecular flexibility index (Phi) is 14.5. The number of benzene rings is 4. The number of rotatable bonds is 22. The lowest BCUT2D eigenvalue weighted by molar-refractivity contribution is 0.302. The van der Waals surface area contributed by atoms with Crippen molar-refractivity contribution in [2.75, 3.05) is 13.2 Å². The summed E-state index contributed by atoms with van der Waals surface area (Å²) in [6.07, 6.45) is 20.9. The van der Waals surface area contributed by atoms with E-state index in [1.165, 1.54) is 133 Å². The van der Waals surface area contributed by atoms with Crippen molar-refractivity contribution < 1.29 is 9.47 Å². The second-order valence-electron chi connectivity index (χ2n) is 14.5. The molecule has 0 unspecified atom stereocenters. The Morgan fingerprint density at radius 1 is 0.429 bits per heavy atom. The van der Waals surface area contributed by atoms with Crippen LogP contribution in [0.4, 0.5) is 0 Å². The Bertz CT molecular complexity index is 1440. The van der Waals surface area contributed by atoms with Gasteiger partial charge in [-0.1, -0.05) is 177 Å². The van der Waals surface area contributed by atoms with Crippen molar-refractivity contribution in [1.29, 1.82) is 0 Å². The van der Waals surface area contributed by atoms with Crippen LogP contribution in [0.5, 0.6) is 11.5 Å². The van der Waals surface area contributed by atoms with Gasteiger partial charge in [-0.3, -0.25) is 0 Å². The first kappa shape index (κ1) is 37.0. The Labute approximate surface area is 299 Å². The second kappa shape index (κ2) is 19.2. The van der Waals surface area contributed by atoms with E-state index in [4.69, 9.17) is 9.47 Å². The lowest BCUT2D eigenvalue weighted by Crippen LogP contribution is -2.72. The third-order valence-electron chi connectivity index (χ3n) is 10.7. The molecule has 0 fully saturated rings. The van der Waals surface area contributed by atoms with Crippen LogP contribution in [0.2, 0.25) is 0 Å². The van der Waals surface area contributed by atoms with E-state index in [1.54, 1.807) is 0 Å². The van der Waals surface area contributed by atoms with E-state index in [1.807, 2.05) is 0 Å². The van der Waals surface area contributed by atoms with E-state index in [0.29, 0.717) is 0 Å². The maximum Gasteiger partial charge on any atom is 0.180 e. The molecule has 0 spiro atoms. The van der Waals surface area contributed by atoms with Crippen molar-refractivity contribution >= 4 is 28.8 Å². The average Bonchev–Trinajstić information content (AvgIpc) is 3.39. The van der Waals surface area contributed by atoms with E-state index in [-0.39, 0.29) is 0 Å². The quantitative estimate of drug-likeness (QED) is 0.0537. The topological polar surface area (TPSA) is 18.5 Å². The molecule has 4 aromatic carbocycles. The summed E-state index contributed by atoms with van der Waals surface area (Å²) >= 11 is 0. The third kappa shape index (κ3) is 9.09. The molecule has 0 radical (unpaired) electrons. The molecule has 49 heavy (non-hydrogen) atoms. The van der Waals surface area contributed by atoms with E-state index >= 15 is 0 Å². The van der Waals surface area contributed by atoms with Crippen LogP contribution in [0.3, 0.4) is 0 Å². The highest BCUT2D eigenvalue weighted by Gasteiger charge is 2.49. The van der Waals surface area contributed by atoms with Gasteiger partial charge >= 0.3 is 0 Å². The van der Waals surface area contributed by atoms with Crippen LogP contribution in [-0.2, 0) is 0 Å². The van der Waals surface area contributed by atoms with E-state index in [9.17, 15) is 0 Å². The van der Waals surface area contributed by atoms with Crippen molar-refractivity contribution in [3.8, 4) is 22.6 Å². The largest absolute Gasteiger partial charge is 0.493 e. The molecule has 0 aliphatic carbocycles. The number of aryl methyl sites for hydroxylation is 2. The first-order chi connectivity index (χ1) is 24.1. The van der Waals surface area contributed by atoms with Gasteiger partial charge in [0, 0.05) is 0 Å². The van der Waals surface area contributed by atoms with Crippen LogP contribution in [0.15, 0.2) is 84.9 Å². The van der Waals surface area contributed by atoms with Gasteiger partial charge in [-0.2, -0.15) is 0 Å². The predicted octanol–water partition coefficient (Wildman–Crippen LogP) is 10.7. The molecule has 0 atom stereocenters. The third-order valence-corrected chi connectivity index (χ3v) is 15.5. The summed E-state index contributed by atoms with van der Waals surface area (Å²) in [6.45, 7) is 10.6. The number of hydrogen-bond acceptors (Lipinski definition) is 2. The fourth-order valence-corrected chi connectivity index (χ4v) is 13.2. The highest BCUT2D eigenvalue weighted by atomic mass is 28.3. The normalized spacial score (nSPS) is 12.9. The van der Waals surface area contributed by atoms with Crippen molar-refractivity contribution in [1.82, 2.24) is 0 Å². The van der Waals surface area contributed by atoms with Gasteiger partial charge in [0.15, 0.2) is 8.07 Å². The highest BCUT2D eigenvalue weighted by Crippen LogP contribution is 2.36. The zero-order valence-corrected chi connectivity index (χ0v) is 32.1. The van der Waals surface area contributed by atoms with E-state index < -0.39 is 8.07 Å². The van der Waals surface area contributed by atoms with Gasteiger partial charge in [0.2, 0.25) is 0 Å². The summed E-state index contributed by atoms with van der Waals surface area (Å²) in [5, 5.41) is 5.80. The highest BCUT2D eigenvalue weighted by molar-refractivity contribution is 7.22. The van der Waals surface area contributed by atoms with Gasteiger partial charge in [0.05, 0.1) is 13.2 Å². The molecule has 0 saturated heterocycles. The molecule has 0 bridgehead atoms. The van der Waals surface area contributed by atoms with Crippen LogP contribution in [0.1, 0.15) is 128 Å². The van der Waals surface area contributed by atoms with Crippen molar-refractivity contribution in [2.45, 2.75) is 130 Å². The maximum absolute atomic E-state index is 6.57. The molecule has 0 aromatic heterocycles. The molecule has 262 valence electrons. The van der Waals surface area contributed by atoms with Crippen molar-refractivity contribution in [2.24, 2.45) is 0 Å². The molecule has 1 aliphatic heterocycles. The average molecular weight is 675 g/mol. The van der Waals surface area contributed by atoms with E-state index in [0.717, 1.165) is 37.6 Å². The molecule has 1 aliphatic rings. The molecular formula is C46H62O2Si. The summed E-state index contributed by atoms with van der Waals surface area (Å²) in [5.74, 6) is 2.06. The Morgan fingerprint density at radius 3 is 1.14 bits per heavy atom. The lowest BCUT2D eigenvalue weighted by atomic mass is 10.0. The molecule has 1 heterocycles. The smallest absolute Gasteiger partial charge is 0.180 e. The summed E-state index contributed by atoms with van der Waals surface area (Å²) in [7, 11) is -2.57. The van der Waals surface area contributed by atoms with Gasteiger partial charge in [0.1, 0.15) is 11.5 Å². The molecule has 0 N–H and O–H groups in total. The summed E-state index contributed by atoms with van der Waals surface area (Å²) in [6, 6.07) is 32.3. The Hall–Kier alpha value is -3.30. The number of ether oxygens (including phenoxy) is 2. The zero-order chi connectivity index (χ0) is 34.3. The van der Waals surface area contributed by atoms with Gasteiger partial charge < -0.3 is 9.47 Å². The van der Waals surface area contributed by atoms with Gasteiger partial charge in [-0.25, -0.2) is 0 Å². The number of fused-ring (bicyclic) bond motifs is 3. The first-order valence-electron chi connectivity index (χ1n) is 19.8. The van der Waals surface area contributed by atoms with Crippen molar-refractivity contribution in [3.05, 3.63) is 96.1 Å². The maximum atomic E-state index is 6.57. The first-order valence-corrected chi connectivity index (χ1v) is 21.8. The fourth-order valence-electron chi connectivity index (χ4n) is 7.90. The van der Waals surface area contributed by atoms with Crippen LogP contribution in [0, 0.1) is 13.8 Å². The zero-order valence-electron chi connectivity index (χ0n) is 31.1. The van der Waals surface area contributed by atoms with Crippen LogP contribution in [0.25, 0.3) is 11.1 Å². The number of unbranched alkanes of at least 4 members (excludes halogenated alkanes) is 14. The molecule has 0 amide bonds. The number of hydrogen-bond donors (Lipinski definition) is 0. The second-order valence-corrected chi connectivity index (χ2v) is 18.2. The predicted molar refractivity (Wildman–Crippen MR) is 215 cm³/mol. The van der Waals surface area contributed by atoms with Crippen LogP contribution < -0.4 is 30.2 Å². The monoisotopic (exact) mass is 674 g/mol.